The van der Waals surface area contributed by atoms with Crippen LogP contribution in [0.5, 0.6) is 5.75 Å². The van der Waals surface area contributed by atoms with Gasteiger partial charge in [0.2, 0.25) is 5.91 Å². The van der Waals surface area contributed by atoms with Crippen LogP contribution in [0.15, 0.2) is 24.3 Å². The van der Waals surface area contributed by atoms with E-state index >= 15 is 0 Å². The minimum atomic E-state index is -0.0261. The van der Waals surface area contributed by atoms with Gasteiger partial charge in [0.15, 0.2) is 0 Å². The summed E-state index contributed by atoms with van der Waals surface area (Å²) in [5, 5.41) is 6.27. The molecule has 1 amide bonds. The molecule has 0 radical (unpaired) electrons. The maximum Gasteiger partial charge on any atom is 0.223 e. The summed E-state index contributed by atoms with van der Waals surface area (Å²) in [5.74, 6) is 1.20. The fourth-order valence-electron chi connectivity index (χ4n) is 2.42. The molecule has 0 saturated carbocycles. The third kappa shape index (κ3) is 5.56. The summed E-state index contributed by atoms with van der Waals surface area (Å²) in [7, 11) is 0. The van der Waals surface area contributed by atoms with Crippen LogP contribution in [0.2, 0.25) is 0 Å². The molecule has 118 valence electrons. The molecule has 0 bridgehead atoms. The standard InChI is InChI=1S/C16H24N2O2.ClH/c1-12-5-3-4-6-15(12)20-13(2)11-18-16(19)14-7-9-17-10-8-14;/h3-6,13-14,17H,7-11H2,1-2H3,(H,18,19);1H. The van der Waals surface area contributed by atoms with Crippen molar-refractivity contribution in [3.05, 3.63) is 29.8 Å². The molecule has 1 aromatic carbocycles. The Morgan fingerprint density at radius 3 is 2.71 bits per heavy atom. The number of piperidine rings is 1. The molecule has 5 heteroatoms. The Morgan fingerprint density at radius 2 is 2.05 bits per heavy atom. The number of para-hydroxylation sites is 1. The zero-order chi connectivity index (χ0) is 14.4. The van der Waals surface area contributed by atoms with Crippen molar-refractivity contribution in [3.63, 3.8) is 0 Å². The van der Waals surface area contributed by atoms with Crippen molar-refractivity contribution in [2.45, 2.75) is 32.8 Å². The summed E-state index contributed by atoms with van der Waals surface area (Å²) in [4.78, 5) is 12.0. The lowest BCUT2D eigenvalue weighted by Crippen LogP contribution is -2.41. The summed E-state index contributed by atoms with van der Waals surface area (Å²) in [5.41, 5.74) is 1.11. The SMILES string of the molecule is Cc1ccccc1OC(C)CNC(=O)C1CCNCC1.Cl. The van der Waals surface area contributed by atoms with Gasteiger partial charge in [-0.25, -0.2) is 0 Å². The van der Waals surface area contributed by atoms with Crippen LogP contribution in [0.1, 0.15) is 25.3 Å². The Hall–Kier alpha value is -1.26. The fraction of sp³-hybridized carbons (Fsp3) is 0.562. The Labute approximate surface area is 133 Å². The molecule has 1 heterocycles. The maximum atomic E-state index is 12.0. The lowest BCUT2D eigenvalue weighted by Gasteiger charge is -2.23. The van der Waals surface area contributed by atoms with Crippen molar-refractivity contribution in [2.75, 3.05) is 19.6 Å². The summed E-state index contributed by atoms with van der Waals surface area (Å²) in [6, 6.07) is 7.94. The zero-order valence-electron chi connectivity index (χ0n) is 12.7. The highest BCUT2D eigenvalue weighted by Gasteiger charge is 2.21. The van der Waals surface area contributed by atoms with E-state index in [-0.39, 0.29) is 30.3 Å². The van der Waals surface area contributed by atoms with Crippen molar-refractivity contribution in [2.24, 2.45) is 5.92 Å². The van der Waals surface area contributed by atoms with Gasteiger partial charge in [-0.3, -0.25) is 4.79 Å². The van der Waals surface area contributed by atoms with Gasteiger partial charge < -0.3 is 15.4 Å². The second-order valence-electron chi connectivity index (χ2n) is 5.46. The van der Waals surface area contributed by atoms with Gasteiger partial charge in [-0.05, 0) is 51.4 Å². The summed E-state index contributed by atoms with van der Waals surface area (Å²) >= 11 is 0. The third-order valence-corrected chi connectivity index (χ3v) is 3.70. The fourth-order valence-corrected chi connectivity index (χ4v) is 2.42. The summed E-state index contributed by atoms with van der Waals surface area (Å²) in [6.45, 7) is 6.43. The van der Waals surface area contributed by atoms with Crippen LogP contribution in [-0.2, 0) is 4.79 Å². The first kappa shape index (κ1) is 17.8. The lowest BCUT2D eigenvalue weighted by molar-refractivity contribution is -0.126. The average molecular weight is 313 g/mol. The molecule has 0 spiro atoms. The summed E-state index contributed by atoms with van der Waals surface area (Å²) < 4.78 is 5.86. The Morgan fingerprint density at radius 1 is 1.38 bits per heavy atom. The van der Waals surface area contributed by atoms with Gasteiger partial charge in [0.1, 0.15) is 11.9 Å². The number of ether oxygens (including phenoxy) is 1. The molecule has 4 nitrogen and oxygen atoms in total. The van der Waals surface area contributed by atoms with E-state index in [1.165, 1.54) is 0 Å². The molecule has 21 heavy (non-hydrogen) atoms. The molecule has 1 aromatic rings. The number of carbonyl (C=O) groups excluding carboxylic acids is 1. The highest BCUT2D eigenvalue weighted by atomic mass is 35.5. The molecule has 2 rings (SSSR count). The Kier molecular flexibility index (Phi) is 7.54. The van der Waals surface area contributed by atoms with E-state index in [0.717, 1.165) is 37.2 Å². The van der Waals surface area contributed by atoms with Crippen molar-refractivity contribution in [1.29, 1.82) is 0 Å². The van der Waals surface area contributed by atoms with Crippen LogP contribution in [0.3, 0.4) is 0 Å². The molecular weight excluding hydrogens is 288 g/mol. The number of aryl methyl sites for hydroxylation is 1. The first-order chi connectivity index (χ1) is 9.66. The number of benzene rings is 1. The number of rotatable bonds is 5. The van der Waals surface area contributed by atoms with Crippen LogP contribution in [0.25, 0.3) is 0 Å². The van der Waals surface area contributed by atoms with Gasteiger partial charge >= 0.3 is 0 Å². The average Bonchev–Trinajstić information content (AvgIpc) is 2.48. The van der Waals surface area contributed by atoms with Crippen LogP contribution >= 0.6 is 12.4 Å². The summed E-state index contributed by atoms with van der Waals surface area (Å²) in [6.07, 6.45) is 1.83. The molecule has 1 unspecified atom stereocenters. The number of hydrogen-bond acceptors (Lipinski definition) is 3. The predicted molar refractivity (Wildman–Crippen MR) is 87.1 cm³/mol. The molecular formula is C16H25ClN2O2. The van der Waals surface area contributed by atoms with Crippen LogP contribution < -0.4 is 15.4 Å². The van der Waals surface area contributed by atoms with Crippen LogP contribution in [-0.4, -0.2) is 31.6 Å². The second-order valence-corrected chi connectivity index (χ2v) is 5.46. The maximum absolute atomic E-state index is 12.0. The van der Waals surface area contributed by atoms with Crippen LogP contribution in [0, 0.1) is 12.8 Å². The highest BCUT2D eigenvalue weighted by Crippen LogP contribution is 2.17. The van der Waals surface area contributed by atoms with Gasteiger partial charge in [0.05, 0.1) is 6.54 Å². The third-order valence-electron chi connectivity index (χ3n) is 3.70. The number of hydrogen-bond donors (Lipinski definition) is 2. The number of nitrogens with one attached hydrogen (secondary N) is 2. The molecule has 1 atom stereocenters. The van der Waals surface area contributed by atoms with Gasteiger partial charge in [-0.15, -0.1) is 12.4 Å². The van der Waals surface area contributed by atoms with E-state index in [9.17, 15) is 4.79 Å². The topological polar surface area (TPSA) is 50.4 Å². The first-order valence-corrected chi connectivity index (χ1v) is 7.37. The smallest absolute Gasteiger partial charge is 0.223 e. The number of amides is 1. The van der Waals surface area contributed by atoms with E-state index in [2.05, 4.69) is 10.6 Å². The molecule has 1 saturated heterocycles. The molecule has 1 aliphatic heterocycles. The molecule has 1 fully saturated rings. The van der Waals surface area contributed by atoms with E-state index in [1.54, 1.807) is 0 Å². The molecule has 1 aliphatic rings. The van der Waals surface area contributed by atoms with Gasteiger partial charge in [0.25, 0.3) is 0 Å². The first-order valence-electron chi connectivity index (χ1n) is 7.37. The van der Waals surface area contributed by atoms with Crippen molar-refractivity contribution < 1.29 is 9.53 Å². The van der Waals surface area contributed by atoms with E-state index in [4.69, 9.17) is 4.74 Å². The minimum absolute atomic E-state index is 0. The minimum Gasteiger partial charge on any atom is -0.489 e. The Bertz CT molecular complexity index is 448. The number of carbonyl (C=O) groups is 1. The van der Waals surface area contributed by atoms with Gasteiger partial charge in [-0.1, -0.05) is 18.2 Å². The second kappa shape index (κ2) is 8.90. The van der Waals surface area contributed by atoms with Gasteiger partial charge in [-0.2, -0.15) is 0 Å². The highest BCUT2D eigenvalue weighted by molar-refractivity contribution is 5.85. The monoisotopic (exact) mass is 312 g/mol. The largest absolute Gasteiger partial charge is 0.489 e. The molecule has 0 aromatic heterocycles. The van der Waals surface area contributed by atoms with E-state index in [0.29, 0.717) is 6.54 Å². The normalized spacial score (nSPS) is 16.7. The lowest BCUT2D eigenvalue weighted by atomic mass is 9.97. The van der Waals surface area contributed by atoms with Crippen molar-refractivity contribution in [1.82, 2.24) is 10.6 Å². The Balaban J connectivity index is 0.00000220. The van der Waals surface area contributed by atoms with Gasteiger partial charge in [0, 0.05) is 5.92 Å². The van der Waals surface area contributed by atoms with Crippen molar-refractivity contribution >= 4 is 18.3 Å². The van der Waals surface area contributed by atoms with Crippen molar-refractivity contribution in [3.8, 4) is 5.75 Å². The molecule has 0 aliphatic carbocycles. The van der Waals surface area contributed by atoms with Crippen LogP contribution in [0.4, 0.5) is 0 Å². The van der Waals surface area contributed by atoms with E-state index < -0.39 is 0 Å². The number of halogens is 1. The zero-order valence-corrected chi connectivity index (χ0v) is 13.5. The van der Waals surface area contributed by atoms with E-state index in [1.807, 2.05) is 38.1 Å². The quantitative estimate of drug-likeness (QED) is 0.877. The predicted octanol–water partition coefficient (Wildman–Crippen LogP) is 2.30. The molecule has 2 N–H and O–H groups in total.